The average molecular weight is 490 g/mol. The van der Waals surface area contributed by atoms with Gasteiger partial charge in [-0.3, -0.25) is 0 Å². The van der Waals surface area contributed by atoms with Crippen LogP contribution in [0.1, 0.15) is 37.7 Å². The number of rotatable bonds is 2. The second-order valence-corrected chi connectivity index (χ2v) is 8.68. The summed E-state index contributed by atoms with van der Waals surface area (Å²) in [7, 11) is 1.58. The fourth-order valence-electron chi connectivity index (χ4n) is 3.49. The largest absolute Gasteiger partial charge is 0.418 e. The molecule has 2 aromatic carbocycles. The van der Waals surface area contributed by atoms with Crippen LogP contribution in [0.3, 0.4) is 0 Å². The van der Waals surface area contributed by atoms with Crippen molar-refractivity contribution in [2.45, 2.75) is 38.5 Å². The number of aromatic amines is 1. The topological polar surface area (TPSA) is 59.4 Å². The van der Waals surface area contributed by atoms with Gasteiger partial charge in [0.15, 0.2) is 17.5 Å². The molecule has 12 heteroatoms. The normalized spacial score (nSPS) is 12.8. The number of aryl methyl sites for hydroxylation is 1. The Hall–Kier alpha value is -2.37. The fraction of sp³-hybridized carbons (Fsp3) is 0.318. The first-order valence-electron chi connectivity index (χ1n) is 9.85. The zero-order valence-corrected chi connectivity index (χ0v) is 21.0. The molecule has 1 N–H and O–H groups in total. The molecule has 0 saturated carbocycles. The number of hydrogen-bond donors (Lipinski definition) is 1. The van der Waals surface area contributed by atoms with Crippen LogP contribution in [-0.2, 0) is 24.8 Å². The van der Waals surface area contributed by atoms with Crippen LogP contribution in [0.15, 0.2) is 36.4 Å². The van der Waals surface area contributed by atoms with Crippen LogP contribution in [-0.4, -0.2) is 54.3 Å². The summed E-state index contributed by atoms with van der Waals surface area (Å²) in [6, 6.07) is 6.42. The van der Waals surface area contributed by atoms with Crippen LogP contribution >= 0.6 is 0 Å². The van der Waals surface area contributed by atoms with Crippen LogP contribution in [0.25, 0.3) is 33.8 Å². The molecule has 2 heterocycles. The van der Waals surface area contributed by atoms with E-state index in [2.05, 4.69) is 20.1 Å². The van der Waals surface area contributed by atoms with Crippen molar-refractivity contribution in [3.63, 3.8) is 0 Å². The molecule has 0 bridgehead atoms. The summed E-state index contributed by atoms with van der Waals surface area (Å²) in [6.07, 6.45) is -9.57. The number of nitrogens with one attached hydrogen (secondary N) is 1. The maximum absolute atomic E-state index is 13.9. The van der Waals surface area contributed by atoms with Gasteiger partial charge in [0.2, 0.25) is 0 Å². The third kappa shape index (κ3) is 4.87. The van der Waals surface area contributed by atoms with E-state index in [1.165, 1.54) is 22.9 Å². The molecule has 34 heavy (non-hydrogen) atoms. The van der Waals surface area contributed by atoms with E-state index < -0.39 is 34.4 Å². The Bertz CT molecular complexity index is 1340. The molecule has 1 radical (unpaired) electrons. The van der Waals surface area contributed by atoms with E-state index in [0.717, 1.165) is 12.1 Å². The van der Waals surface area contributed by atoms with Crippen molar-refractivity contribution in [2.75, 3.05) is 0 Å². The van der Waals surface area contributed by atoms with Crippen molar-refractivity contribution >= 4 is 40.6 Å². The SMILES string of the molecule is Cn1nc(C(C)(C)C)nc1-c1nc2c(C(F)(F)F)cc(-c3ccccc3C(F)(F)F)cc2[nH]1.[Na]. The van der Waals surface area contributed by atoms with Crippen molar-refractivity contribution in [1.82, 2.24) is 24.7 Å². The Kier molecular flexibility index (Phi) is 6.71. The average Bonchev–Trinajstić information content (AvgIpc) is 3.28. The first kappa shape index (κ1) is 26.2. The molecule has 4 aromatic rings. The zero-order valence-electron chi connectivity index (χ0n) is 19.0. The molecule has 0 amide bonds. The van der Waals surface area contributed by atoms with E-state index in [1.54, 1.807) is 7.05 Å². The van der Waals surface area contributed by atoms with Gasteiger partial charge in [0, 0.05) is 42.0 Å². The predicted molar refractivity (Wildman–Crippen MR) is 116 cm³/mol. The van der Waals surface area contributed by atoms with Crippen LogP contribution in [0.5, 0.6) is 0 Å². The van der Waals surface area contributed by atoms with Crippen LogP contribution < -0.4 is 0 Å². The van der Waals surface area contributed by atoms with Gasteiger partial charge in [-0.15, -0.1) is 0 Å². The van der Waals surface area contributed by atoms with Crippen LogP contribution in [0.4, 0.5) is 26.3 Å². The number of alkyl halides is 6. The first-order chi connectivity index (χ1) is 15.2. The van der Waals surface area contributed by atoms with Crippen molar-refractivity contribution in [3.8, 4) is 22.8 Å². The second kappa shape index (κ2) is 8.69. The van der Waals surface area contributed by atoms with Crippen molar-refractivity contribution in [3.05, 3.63) is 53.3 Å². The molecule has 0 unspecified atom stereocenters. The van der Waals surface area contributed by atoms with Crippen molar-refractivity contribution in [2.24, 2.45) is 7.05 Å². The summed E-state index contributed by atoms with van der Waals surface area (Å²) in [5.41, 5.74) is -3.65. The summed E-state index contributed by atoms with van der Waals surface area (Å²) in [5, 5.41) is 4.30. The predicted octanol–water partition coefficient (Wildman–Crippen LogP) is 5.98. The molecule has 0 fully saturated rings. The smallest absolute Gasteiger partial charge is 0.335 e. The standard InChI is InChI=1S/C22H19F6N5.Na/c1-20(2,3)19-31-18(33(4)32-19)17-29-15-10-11(9-14(16(15)30-17)22(26,27)28)12-7-5-6-8-13(12)21(23,24)25;/h5-10H,1-4H3,(H,29,30);. The third-order valence-corrected chi connectivity index (χ3v) is 5.08. The minimum Gasteiger partial charge on any atom is -0.335 e. The van der Waals surface area contributed by atoms with Gasteiger partial charge in [0.25, 0.3) is 0 Å². The summed E-state index contributed by atoms with van der Waals surface area (Å²) in [6.45, 7) is 5.66. The first-order valence-corrected chi connectivity index (χ1v) is 9.85. The summed E-state index contributed by atoms with van der Waals surface area (Å²) in [5.74, 6) is 0.708. The van der Waals surface area contributed by atoms with Gasteiger partial charge in [-0.1, -0.05) is 39.0 Å². The molecule has 0 aliphatic carbocycles. The van der Waals surface area contributed by atoms with Gasteiger partial charge in [-0.05, 0) is 29.3 Å². The van der Waals surface area contributed by atoms with Gasteiger partial charge in [-0.2, -0.15) is 31.4 Å². The van der Waals surface area contributed by atoms with Crippen molar-refractivity contribution < 1.29 is 26.3 Å². The molecule has 0 aliphatic rings. The number of halogens is 6. The van der Waals surface area contributed by atoms with E-state index in [-0.39, 0.29) is 57.8 Å². The zero-order chi connectivity index (χ0) is 24.3. The third-order valence-electron chi connectivity index (χ3n) is 5.08. The number of fused-ring (bicyclic) bond motifs is 1. The molecule has 0 aliphatic heterocycles. The Morgan fingerprint density at radius 2 is 1.47 bits per heavy atom. The van der Waals surface area contributed by atoms with Gasteiger partial charge in [0.05, 0.1) is 16.6 Å². The van der Waals surface area contributed by atoms with Gasteiger partial charge in [0.1, 0.15) is 5.52 Å². The van der Waals surface area contributed by atoms with E-state index >= 15 is 0 Å². The fourth-order valence-corrected chi connectivity index (χ4v) is 3.49. The summed E-state index contributed by atoms with van der Waals surface area (Å²) in [4.78, 5) is 11.3. The van der Waals surface area contributed by atoms with Gasteiger partial charge >= 0.3 is 12.4 Å². The van der Waals surface area contributed by atoms with Gasteiger partial charge in [-0.25, -0.2) is 14.6 Å². The number of hydrogen-bond acceptors (Lipinski definition) is 3. The summed E-state index contributed by atoms with van der Waals surface area (Å²) >= 11 is 0. The molecule has 0 saturated heterocycles. The molecule has 4 rings (SSSR count). The van der Waals surface area contributed by atoms with Crippen molar-refractivity contribution in [1.29, 1.82) is 0 Å². The minimum absolute atomic E-state index is 0. The Balaban J connectivity index is 0.00000324. The number of imidazole rings is 1. The molecular weight excluding hydrogens is 471 g/mol. The maximum atomic E-state index is 13.9. The number of nitrogens with zero attached hydrogens (tertiary/aromatic N) is 4. The number of aromatic nitrogens is 5. The minimum atomic E-state index is -4.84. The van der Waals surface area contributed by atoms with Gasteiger partial charge < -0.3 is 4.98 Å². The number of H-pyrrole nitrogens is 1. The molecule has 2 aromatic heterocycles. The molecule has 175 valence electrons. The Labute approximate surface area is 212 Å². The van der Waals surface area contributed by atoms with E-state index in [1.807, 2.05) is 20.8 Å². The molecule has 0 atom stereocenters. The van der Waals surface area contributed by atoms with E-state index in [4.69, 9.17) is 0 Å². The number of benzene rings is 2. The Morgan fingerprint density at radius 3 is 2.03 bits per heavy atom. The maximum Gasteiger partial charge on any atom is 0.418 e. The Morgan fingerprint density at radius 1 is 0.853 bits per heavy atom. The van der Waals surface area contributed by atoms with Crippen LogP contribution in [0, 0.1) is 0 Å². The molecule has 0 spiro atoms. The van der Waals surface area contributed by atoms with E-state index in [9.17, 15) is 26.3 Å². The van der Waals surface area contributed by atoms with Crippen LogP contribution in [0.2, 0.25) is 0 Å². The monoisotopic (exact) mass is 490 g/mol. The quantitative estimate of drug-likeness (QED) is 0.278. The molecule has 5 nitrogen and oxygen atoms in total. The molecular formula is C22H19F6N5Na. The summed E-state index contributed by atoms with van der Waals surface area (Å²) < 4.78 is 83.5. The second-order valence-electron chi connectivity index (χ2n) is 8.68. The van der Waals surface area contributed by atoms with E-state index in [0.29, 0.717) is 11.9 Å².